The third-order valence-electron chi connectivity index (χ3n) is 3.92. The normalized spacial score (nSPS) is 10.4. The molecule has 0 unspecified atom stereocenters. The third kappa shape index (κ3) is 5.18. The van der Waals surface area contributed by atoms with Gasteiger partial charge in [-0.1, -0.05) is 29.8 Å². The minimum atomic E-state index is -0.434. The minimum Gasteiger partial charge on any atom is -0.314 e. The maximum Gasteiger partial charge on any atom is 0.271 e. The van der Waals surface area contributed by atoms with Crippen LogP contribution < -0.4 is 16.4 Å². The van der Waals surface area contributed by atoms with Gasteiger partial charge in [0.05, 0.1) is 11.3 Å². The highest BCUT2D eigenvalue weighted by Crippen LogP contribution is 2.12. The maximum atomic E-state index is 13.2. The molecule has 0 bridgehead atoms. The fourth-order valence-corrected chi connectivity index (χ4v) is 2.76. The van der Waals surface area contributed by atoms with E-state index >= 15 is 0 Å². The molecular formula is C20H17ClFN3O2. The Balaban J connectivity index is 1.66. The molecule has 27 heavy (non-hydrogen) atoms. The number of aryl methyl sites for hydroxylation is 2. The van der Waals surface area contributed by atoms with E-state index in [1.807, 2.05) is 18.2 Å². The van der Waals surface area contributed by atoms with Crippen LogP contribution in [0.5, 0.6) is 0 Å². The summed E-state index contributed by atoms with van der Waals surface area (Å²) in [7, 11) is 0. The third-order valence-corrected chi connectivity index (χ3v) is 4.16. The molecular weight excluding hydrogens is 369 g/mol. The average Bonchev–Trinajstić information content (AvgIpc) is 2.65. The summed E-state index contributed by atoms with van der Waals surface area (Å²) in [5, 5.41) is 0.636. The van der Waals surface area contributed by atoms with E-state index in [2.05, 4.69) is 10.9 Å². The van der Waals surface area contributed by atoms with Crippen LogP contribution in [0.2, 0.25) is 5.02 Å². The summed E-state index contributed by atoms with van der Waals surface area (Å²) in [5.74, 6) is -0.848. The summed E-state index contributed by atoms with van der Waals surface area (Å²) in [4.78, 5) is 24.3. The van der Waals surface area contributed by atoms with Crippen molar-refractivity contribution in [3.05, 3.63) is 99.2 Å². The molecule has 3 aromatic rings. The zero-order valence-corrected chi connectivity index (χ0v) is 15.0. The van der Waals surface area contributed by atoms with Gasteiger partial charge in [0, 0.05) is 23.8 Å². The Bertz CT molecular complexity index is 1020. The molecule has 2 N–H and O–H groups in total. The van der Waals surface area contributed by atoms with Crippen LogP contribution in [0.15, 0.2) is 71.7 Å². The lowest BCUT2D eigenvalue weighted by atomic mass is 10.1. The number of benzene rings is 2. The van der Waals surface area contributed by atoms with Crippen molar-refractivity contribution in [2.24, 2.45) is 0 Å². The Kier molecular flexibility index (Phi) is 5.88. The first-order valence-electron chi connectivity index (χ1n) is 8.28. The van der Waals surface area contributed by atoms with E-state index in [1.54, 1.807) is 12.1 Å². The highest BCUT2D eigenvalue weighted by Gasteiger charge is 2.08. The van der Waals surface area contributed by atoms with Gasteiger partial charge in [-0.05, 0) is 48.4 Å². The van der Waals surface area contributed by atoms with Gasteiger partial charge in [0.2, 0.25) is 0 Å². The lowest BCUT2D eigenvalue weighted by Gasteiger charge is -2.11. The predicted molar refractivity (Wildman–Crippen MR) is 103 cm³/mol. The fraction of sp³-hybridized carbons (Fsp3) is 0.100. The van der Waals surface area contributed by atoms with Crippen molar-refractivity contribution < 1.29 is 9.18 Å². The van der Waals surface area contributed by atoms with Crippen LogP contribution in [-0.4, -0.2) is 10.5 Å². The van der Waals surface area contributed by atoms with Crippen LogP contribution in [0.4, 0.5) is 10.1 Å². The number of halogens is 2. The van der Waals surface area contributed by atoms with Crippen molar-refractivity contribution in [2.75, 3.05) is 5.43 Å². The molecule has 1 heterocycles. The highest BCUT2D eigenvalue weighted by atomic mass is 35.5. The number of pyridine rings is 1. The number of amides is 1. The van der Waals surface area contributed by atoms with Crippen LogP contribution in [0.1, 0.15) is 15.9 Å². The number of carbonyl (C=O) groups is 1. The summed E-state index contributed by atoms with van der Waals surface area (Å²) in [6, 6.07) is 15.9. The Morgan fingerprint density at radius 2 is 1.89 bits per heavy atom. The molecule has 2 aromatic carbocycles. The smallest absolute Gasteiger partial charge is 0.271 e. The van der Waals surface area contributed by atoms with Gasteiger partial charge in [-0.15, -0.1) is 0 Å². The Morgan fingerprint density at radius 3 is 2.67 bits per heavy atom. The van der Waals surface area contributed by atoms with Crippen molar-refractivity contribution in [1.29, 1.82) is 0 Å². The Hall–Kier alpha value is -3.12. The van der Waals surface area contributed by atoms with Crippen molar-refractivity contribution in [3.63, 3.8) is 0 Å². The molecule has 0 saturated carbocycles. The van der Waals surface area contributed by atoms with E-state index in [1.165, 1.54) is 41.1 Å². The number of nitrogens with one attached hydrogen (secondary N) is 2. The summed E-state index contributed by atoms with van der Waals surface area (Å²) in [6.45, 7) is 0.414. The van der Waals surface area contributed by atoms with E-state index in [0.717, 1.165) is 5.56 Å². The van der Waals surface area contributed by atoms with Crippen molar-refractivity contribution in [3.8, 4) is 0 Å². The second kappa shape index (κ2) is 8.51. The molecule has 0 aliphatic rings. The SMILES string of the molecule is O=C(NNc1cccc(F)c1)c1ccc(=O)n(CCc2cccc(Cl)c2)c1. The largest absolute Gasteiger partial charge is 0.314 e. The predicted octanol–water partition coefficient (Wildman–Crippen LogP) is 3.64. The Morgan fingerprint density at radius 1 is 1.07 bits per heavy atom. The number of carbonyl (C=O) groups excluding carboxylic acids is 1. The van der Waals surface area contributed by atoms with Crippen LogP contribution in [0.25, 0.3) is 0 Å². The van der Waals surface area contributed by atoms with E-state index < -0.39 is 11.7 Å². The average molecular weight is 386 g/mol. The van der Waals surface area contributed by atoms with E-state index in [0.29, 0.717) is 29.2 Å². The first kappa shape index (κ1) is 18.7. The highest BCUT2D eigenvalue weighted by molar-refractivity contribution is 6.30. The number of rotatable bonds is 6. The second-order valence-electron chi connectivity index (χ2n) is 5.92. The van der Waals surface area contributed by atoms with Crippen molar-refractivity contribution in [1.82, 2.24) is 9.99 Å². The summed E-state index contributed by atoms with van der Waals surface area (Å²) < 4.78 is 14.6. The lowest BCUT2D eigenvalue weighted by Crippen LogP contribution is -2.31. The zero-order valence-electron chi connectivity index (χ0n) is 14.3. The van der Waals surface area contributed by atoms with Gasteiger partial charge in [0.1, 0.15) is 5.82 Å². The molecule has 0 saturated heterocycles. The van der Waals surface area contributed by atoms with E-state index in [-0.39, 0.29) is 5.56 Å². The number of aromatic nitrogens is 1. The molecule has 1 amide bonds. The van der Waals surface area contributed by atoms with E-state index in [9.17, 15) is 14.0 Å². The van der Waals surface area contributed by atoms with Crippen LogP contribution >= 0.6 is 11.6 Å². The first-order chi connectivity index (χ1) is 13.0. The molecule has 5 nitrogen and oxygen atoms in total. The lowest BCUT2D eigenvalue weighted by molar-refractivity contribution is 0.0961. The number of nitrogens with zero attached hydrogens (tertiary/aromatic N) is 1. The van der Waals surface area contributed by atoms with Gasteiger partial charge < -0.3 is 4.57 Å². The zero-order chi connectivity index (χ0) is 19.2. The molecule has 138 valence electrons. The standard InChI is InChI=1S/C20H17ClFN3O2/c21-16-4-1-3-14(11-16)9-10-25-13-15(7-8-19(25)26)20(27)24-23-18-6-2-5-17(22)12-18/h1-8,11-13,23H,9-10H2,(H,24,27). The molecule has 0 fully saturated rings. The maximum absolute atomic E-state index is 13.2. The molecule has 7 heteroatoms. The van der Waals surface area contributed by atoms with Crippen LogP contribution in [0, 0.1) is 5.82 Å². The monoisotopic (exact) mass is 385 g/mol. The minimum absolute atomic E-state index is 0.202. The molecule has 3 rings (SSSR count). The first-order valence-corrected chi connectivity index (χ1v) is 8.66. The van der Waals surface area contributed by atoms with Gasteiger partial charge in [-0.2, -0.15) is 0 Å². The molecule has 0 atom stereocenters. The number of anilines is 1. The van der Waals surface area contributed by atoms with Crippen LogP contribution in [0.3, 0.4) is 0 Å². The molecule has 0 aliphatic heterocycles. The van der Waals surface area contributed by atoms with Crippen LogP contribution in [-0.2, 0) is 13.0 Å². The quantitative estimate of drug-likeness (QED) is 0.637. The van der Waals surface area contributed by atoms with Crippen molar-refractivity contribution in [2.45, 2.75) is 13.0 Å². The summed E-state index contributed by atoms with van der Waals surface area (Å²) in [5.41, 5.74) is 6.64. The Labute approximate surface area is 160 Å². The molecule has 0 aliphatic carbocycles. The van der Waals surface area contributed by atoms with Crippen molar-refractivity contribution >= 4 is 23.2 Å². The number of hydrazine groups is 1. The van der Waals surface area contributed by atoms with Gasteiger partial charge in [-0.25, -0.2) is 4.39 Å². The summed E-state index contributed by atoms with van der Waals surface area (Å²) >= 11 is 5.97. The van der Waals surface area contributed by atoms with Gasteiger partial charge in [0.25, 0.3) is 11.5 Å². The topological polar surface area (TPSA) is 63.1 Å². The van der Waals surface area contributed by atoms with Gasteiger partial charge in [-0.3, -0.25) is 20.4 Å². The fourth-order valence-electron chi connectivity index (χ4n) is 2.55. The number of hydrogen-bond acceptors (Lipinski definition) is 3. The van der Waals surface area contributed by atoms with E-state index in [4.69, 9.17) is 11.6 Å². The molecule has 0 radical (unpaired) electrons. The summed E-state index contributed by atoms with van der Waals surface area (Å²) in [6.07, 6.45) is 2.10. The van der Waals surface area contributed by atoms with Gasteiger partial charge in [0.15, 0.2) is 0 Å². The molecule has 0 spiro atoms. The van der Waals surface area contributed by atoms with Gasteiger partial charge >= 0.3 is 0 Å². The second-order valence-corrected chi connectivity index (χ2v) is 6.36. The number of hydrogen-bond donors (Lipinski definition) is 2. The molecule has 1 aromatic heterocycles.